The molecule has 1 aliphatic rings. The maximum atomic E-state index is 5.35. The molecule has 0 radical (unpaired) electrons. The molecular formula is C16H26N2O. The number of methoxy groups -OCH3 is 1. The molecule has 1 unspecified atom stereocenters. The zero-order chi connectivity index (χ0) is 13.7. The molecule has 1 fully saturated rings. The van der Waals surface area contributed by atoms with Crippen LogP contribution in [0.3, 0.4) is 0 Å². The average Bonchev–Trinajstić information content (AvgIpc) is 2.43. The summed E-state index contributed by atoms with van der Waals surface area (Å²) >= 11 is 0. The van der Waals surface area contributed by atoms with Gasteiger partial charge in [-0.15, -0.1) is 0 Å². The standard InChI is InChI=1S/C16H26N2O/c1-12-9-16(19-3)13(2)8-14(12)10-17-11-15-6-4-5-7-18-15/h8-9,15,17-18H,4-7,10-11H2,1-3H3. The van der Waals surface area contributed by atoms with E-state index in [2.05, 4.69) is 36.6 Å². The zero-order valence-corrected chi connectivity index (χ0v) is 12.4. The Morgan fingerprint density at radius 2 is 2.11 bits per heavy atom. The molecule has 3 heteroatoms. The van der Waals surface area contributed by atoms with Crippen molar-refractivity contribution < 1.29 is 4.74 Å². The third-order valence-corrected chi connectivity index (χ3v) is 3.97. The highest BCUT2D eigenvalue weighted by atomic mass is 16.5. The zero-order valence-electron chi connectivity index (χ0n) is 12.4. The summed E-state index contributed by atoms with van der Waals surface area (Å²) in [5, 5.41) is 7.14. The highest BCUT2D eigenvalue weighted by molar-refractivity contribution is 5.41. The molecule has 0 bridgehead atoms. The van der Waals surface area contributed by atoms with Gasteiger partial charge in [0.1, 0.15) is 5.75 Å². The molecule has 1 saturated heterocycles. The molecule has 1 aliphatic heterocycles. The van der Waals surface area contributed by atoms with Crippen molar-refractivity contribution in [3.05, 3.63) is 28.8 Å². The van der Waals surface area contributed by atoms with Gasteiger partial charge in [-0.05, 0) is 56.0 Å². The number of piperidine rings is 1. The minimum atomic E-state index is 0.647. The first-order valence-corrected chi connectivity index (χ1v) is 7.29. The molecule has 0 aliphatic carbocycles. The molecule has 106 valence electrons. The summed E-state index contributed by atoms with van der Waals surface area (Å²) in [6, 6.07) is 5.01. The van der Waals surface area contributed by atoms with Crippen LogP contribution in [0.4, 0.5) is 0 Å². The van der Waals surface area contributed by atoms with Crippen molar-refractivity contribution in [2.75, 3.05) is 20.2 Å². The van der Waals surface area contributed by atoms with E-state index in [0.29, 0.717) is 6.04 Å². The third-order valence-electron chi connectivity index (χ3n) is 3.97. The number of ether oxygens (including phenoxy) is 1. The van der Waals surface area contributed by atoms with Crippen LogP contribution in [-0.4, -0.2) is 26.2 Å². The van der Waals surface area contributed by atoms with Gasteiger partial charge >= 0.3 is 0 Å². The van der Waals surface area contributed by atoms with E-state index in [1.807, 2.05) is 0 Å². The second-order valence-corrected chi connectivity index (χ2v) is 5.53. The van der Waals surface area contributed by atoms with E-state index in [1.165, 1.54) is 42.5 Å². The molecular weight excluding hydrogens is 236 g/mol. The van der Waals surface area contributed by atoms with Crippen LogP contribution in [0.1, 0.15) is 36.0 Å². The van der Waals surface area contributed by atoms with E-state index in [-0.39, 0.29) is 0 Å². The van der Waals surface area contributed by atoms with Crippen molar-refractivity contribution in [1.82, 2.24) is 10.6 Å². The Morgan fingerprint density at radius 1 is 1.26 bits per heavy atom. The second-order valence-electron chi connectivity index (χ2n) is 5.53. The molecule has 19 heavy (non-hydrogen) atoms. The fourth-order valence-electron chi connectivity index (χ4n) is 2.74. The smallest absolute Gasteiger partial charge is 0.122 e. The fraction of sp³-hybridized carbons (Fsp3) is 0.625. The number of hydrogen-bond acceptors (Lipinski definition) is 3. The van der Waals surface area contributed by atoms with Crippen molar-refractivity contribution >= 4 is 0 Å². The minimum Gasteiger partial charge on any atom is -0.496 e. The Kier molecular flexibility index (Phi) is 5.23. The van der Waals surface area contributed by atoms with Crippen LogP contribution in [-0.2, 0) is 6.54 Å². The fourth-order valence-corrected chi connectivity index (χ4v) is 2.74. The van der Waals surface area contributed by atoms with Gasteiger partial charge in [0.2, 0.25) is 0 Å². The van der Waals surface area contributed by atoms with Crippen molar-refractivity contribution in [3.63, 3.8) is 0 Å². The number of rotatable bonds is 5. The van der Waals surface area contributed by atoms with Crippen LogP contribution in [0, 0.1) is 13.8 Å². The van der Waals surface area contributed by atoms with Crippen LogP contribution in [0.2, 0.25) is 0 Å². The van der Waals surface area contributed by atoms with E-state index < -0.39 is 0 Å². The van der Waals surface area contributed by atoms with E-state index in [4.69, 9.17) is 4.74 Å². The van der Waals surface area contributed by atoms with Crippen LogP contribution < -0.4 is 15.4 Å². The lowest BCUT2D eigenvalue weighted by atomic mass is 10.0. The summed E-state index contributed by atoms with van der Waals surface area (Å²) in [6.07, 6.45) is 3.99. The molecule has 1 atom stereocenters. The van der Waals surface area contributed by atoms with Crippen molar-refractivity contribution in [3.8, 4) is 5.75 Å². The largest absolute Gasteiger partial charge is 0.496 e. The lowest BCUT2D eigenvalue weighted by Gasteiger charge is -2.24. The molecule has 3 nitrogen and oxygen atoms in total. The van der Waals surface area contributed by atoms with Crippen LogP contribution in [0.25, 0.3) is 0 Å². The van der Waals surface area contributed by atoms with Gasteiger partial charge < -0.3 is 15.4 Å². The summed E-state index contributed by atoms with van der Waals surface area (Å²) in [6.45, 7) is 7.43. The highest BCUT2D eigenvalue weighted by Gasteiger charge is 2.12. The monoisotopic (exact) mass is 262 g/mol. The first kappa shape index (κ1) is 14.4. The Balaban J connectivity index is 1.86. The molecule has 1 aromatic carbocycles. The summed E-state index contributed by atoms with van der Waals surface area (Å²) < 4.78 is 5.35. The lowest BCUT2D eigenvalue weighted by Crippen LogP contribution is -2.41. The molecule has 2 N–H and O–H groups in total. The average molecular weight is 262 g/mol. The summed E-state index contributed by atoms with van der Waals surface area (Å²) in [7, 11) is 1.73. The highest BCUT2D eigenvalue weighted by Crippen LogP contribution is 2.22. The number of hydrogen-bond donors (Lipinski definition) is 2. The topological polar surface area (TPSA) is 33.3 Å². The van der Waals surface area contributed by atoms with E-state index in [0.717, 1.165) is 18.8 Å². The van der Waals surface area contributed by atoms with Gasteiger partial charge in [0.25, 0.3) is 0 Å². The van der Waals surface area contributed by atoms with Crippen LogP contribution in [0.15, 0.2) is 12.1 Å². The van der Waals surface area contributed by atoms with Gasteiger partial charge in [-0.2, -0.15) is 0 Å². The van der Waals surface area contributed by atoms with Crippen molar-refractivity contribution in [2.45, 2.75) is 45.7 Å². The van der Waals surface area contributed by atoms with Gasteiger partial charge in [0, 0.05) is 19.1 Å². The normalized spacial score (nSPS) is 19.4. The van der Waals surface area contributed by atoms with Crippen LogP contribution in [0.5, 0.6) is 5.75 Å². The van der Waals surface area contributed by atoms with Crippen molar-refractivity contribution in [2.24, 2.45) is 0 Å². The number of nitrogens with one attached hydrogen (secondary N) is 2. The summed E-state index contributed by atoms with van der Waals surface area (Å²) in [5.74, 6) is 0.982. The Bertz CT molecular complexity index is 411. The van der Waals surface area contributed by atoms with E-state index >= 15 is 0 Å². The third kappa shape index (κ3) is 3.95. The van der Waals surface area contributed by atoms with Gasteiger partial charge in [-0.3, -0.25) is 0 Å². The quantitative estimate of drug-likeness (QED) is 0.855. The SMILES string of the molecule is COc1cc(C)c(CNCC2CCCCN2)cc1C. The van der Waals surface area contributed by atoms with Gasteiger partial charge in [0.05, 0.1) is 7.11 Å². The summed E-state index contributed by atoms with van der Waals surface area (Å²) in [4.78, 5) is 0. The van der Waals surface area contributed by atoms with Gasteiger partial charge in [-0.1, -0.05) is 12.5 Å². The molecule has 0 amide bonds. The Morgan fingerprint density at radius 3 is 2.79 bits per heavy atom. The molecule has 2 rings (SSSR count). The predicted molar refractivity (Wildman–Crippen MR) is 79.8 cm³/mol. The lowest BCUT2D eigenvalue weighted by molar-refractivity contribution is 0.383. The Labute approximate surface area is 116 Å². The van der Waals surface area contributed by atoms with Gasteiger partial charge in [-0.25, -0.2) is 0 Å². The maximum Gasteiger partial charge on any atom is 0.122 e. The van der Waals surface area contributed by atoms with Crippen LogP contribution >= 0.6 is 0 Å². The molecule has 0 aromatic heterocycles. The first-order valence-electron chi connectivity index (χ1n) is 7.29. The Hall–Kier alpha value is -1.06. The number of aryl methyl sites for hydroxylation is 2. The molecule has 0 spiro atoms. The molecule has 1 heterocycles. The minimum absolute atomic E-state index is 0.647. The predicted octanol–water partition coefficient (Wildman–Crippen LogP) is 2.54. The van der Waals surface area contributed by atoms with E-state index in [1.54, 1.807) is 7.11 Å². The van der Waals surface area contributed by atoms with E-state index in [9.17, 15) is 0 Å². The molecule has 1 aromatic rings. The maximum absolute atomic E-state index is 5.35. The van der Waals surface area contributed by atoms with Gasteiger partial charge in [0.15, 0.2) is 0 Å². The summed E-state index contributed by atoms with van der Waals surface area (Å²) in [5.41, 5.74) is 3.88. The number of benzene rings is 1. The second kappa shape index (κ2) is 6.92. The van der Waals surface area contributed by atoms with Crippen molar-refractivity contribution in [1.29, 1.82) is 0 Å². The molecule has 0 saturated carbocycles. The first-order chi connectivity index (χ1) is 9.20.